The maximum Gasteiger partial charge on any atom is 0.416 e. The summed E-state index contributed by atoms with van der Waals surface area (Å²) in [6, 6.07) is 3.11. The lowest BCUT2D eigenvalue weighted by Gasteiger charge is -2.30. The summed E-state index contributed by atoms with van der Waals surface area (Å²) in [6.45, 7) is 6.80. The standard InChI is InChI=1S/C20H23F3N4O2/c1-3-8-27-17-6-4-14(20(21,22)23)13-16(17)24-15(19(27)29)5-7-18(28)26-11-9-25(2)10-12-26/h3-4,6,13H,1,5,7-12H2,2H3/p+1. The van der Waals surface area contributed by atoms with Crippen LogP contribution in [0.5, 0.6) is 0 Å². The van der Waals surface area contributed by atoms with Crippen molar-refractivity contribution in [3.63, 3.8) is 0 Å². The molecule has 29 heavy (non-hydrogen) atoms. The molecule has 1 saturated heterocycles. The molecule has 1 fully saturated rings. The molecule has 0 spiro atoms. The molecule has 1 N–H and O–H groups in total. The maximum absolute atomic E-state index is 13.1. The fourth-order valence-electron chi connectivity index (χ4n) is 3.47. The monoisotopic (exact) mass is 409 g/mol. The van der Waals surface area contributed by atoms with Gasteiger partial charge in [-0.2, -0.15) is 13.2 Å². The molecule has 156 valence electrons. The number of allylic oxidation sites excluding steroid dienone is 1. The summed E-state index contributed by atoms with van der Waals surface area (Å²) < 4.78 is 40.5. The van der Waals surface area contributed by atoms with Crippen LogP contribution in [0.1, 0.15) is 17.7 Å². The van der Waals surface area contributed by atoms with E-state index in [1.54, 1.807) is 4.90 Å². The molecule has 0 saturated carbocycles. The number of carbonyl (C=O) groups excluding carboxylic acids is 1. The topological polar surface area (TPSA) is 59.6 Å². The van der Waals surface area contributed by atoms with Gasteiger partial charge in [-0.15, -0.1) is 6.58 Å². The summed E-state index contributed by atoms with van der Waals surface area (Å²) in [7, 11) is 2.07. The van der Waals surface area contributed by atoms with Gasteiger partial charge in [-0.25, -0.2) is 4.98 Å². The van der Waals surface area contributed by atoms with Gasteiger partial charge in [-0.3, -0.25) is 9.59 Å². The number of likely N-dealkylation sites (N-methyl/N-ethyl adjacent to an activating group) is 1. The number of carbonyl (C=O) groups is 1. The number of nitrogens with zero attached hydrogens (tertiary/aromatic N) is 3. The average Bonchev–Trinajstić information content (AvgIpc) is 2.68. The molecule has 1 aliphatic rings. The lowest BCUT2D eigenvalue weighted by Crippen LogP contribution is -3.12. The van der Waals surface area contributed by atoms with E-state index in [9.17, 15) is 22.8 Å². The number of piperazine rings is 1. The van der Waals surface area contributed by atoms with Crippen molar-refractivity contribution in [1.82, 2.24) is 14.5 Å². The molecular formula is C20H24F3N4O2+. The van der Waals surface area contributed by atoms with E-state index < -0.39 is 17.3 Å². The van der Waals surface area contributed by atoms with Crippen LogP contribution in [0.25, 0.3) is 11.0 Å². The van der Waals surface area contributed by atoms with Gasteiger partial charge in [-0.05, 0) is 18.2 Å². The Bertz CT molecular complexity index is 976. The minimum absolute atomic E-state index is 0.0712. The quantitative estimate of drug-likeness (QED) is 0.747. The van der Waals surface area contributed by atoms with Crippen molar-refractivity contribution < 1.29 is 22.9 Å². The molecule has 0 radical (unpaired) electrons. The highest BCUT2D eigenvalue weighted by Gasteiger charge is 2.31. The predicted octanol–water partition coefficient (Wildman–Crippen LogP) is 0.891. The number of hydrogen-bond donors (Lipinski definition) is 1. The molecule has 1 amide bonds. The van der Waals surface area contributed by atoms with Gasteiger partial charge in [0.2, 0.25) is 5.91 Å². The van der Waals surface area contributed by atoms with Gasteiger partial charge in [0.05, 0.1) is 49.8 Å². The number of halogens is 3. The normalized spacial score (nSPS) is 15.7. The van der Waals surface area contributed by atoms with Gasteiger partial charge in [0.15, 0.2) is 0 Å². The van der Waals surface area contributed by atoms with Crippen LogP contribution < -0.4 is 10.5 Å². The SMILES string of the molecule is C=CCn1c(=O)c(CCC(=O)N2CC[NH+](C)CC2)nc2cc(C(F)(F)F)ccc21. The van der Waals surface area contributed by atoms with Crippen LogP contribution in [0.3, 0.4) is 0 Å². The Balaban J connectivity index is 1.90. The molecule has 1 aromatic carbocycles. The Morgan fingerprint density at radius 3 is 2.62 bits per heavy atom. The van der Waals surface area contributed by atoms with Crippen molar-refractivity contribution in [2.45, 2.75) is 25.6 Å². The molecule has 2 heterocycles. The molecule has 0 unspecified atom stereocenters. The number of nitrogens with one attached hydrogen (secondary N) is 1. The number of rotatable bonds is 5. The first-order chi connectivity index (χ1) is 13.7. The number of aryl methyl sites for hydroxylation is 1. The van der Waals surface area contributed by atoms with Crippen molar-refractivity contribution in [3.8, 4) is 0 Å². The average molecular weight is 409 g/mol. The summed E-state index contributed by atoms with van der Waals surface area (Å²) >= 11 is 0. The minimum atomic E-state index is -4.51. The summed E-state index contributed by atoms with van der Waals surface area (Å²) in [4.78, 5) is 32.6. The molecule has 1 aliphatic heterocycles. The van der Waals surface area contributed by atoms with Gasteiger partial charge in [0.25, 0.3) is 5.56 Å². The molecule has 0 atom stereocenters. The van der Waals surface area contributed by atoms with E-state index in [1.165, 1.54) is 21.6 Å². The maximum atomic E-state index is 13.1. The summed E-state index contributed by atoms with van der Waals surface area (Å²) in [6.07, 6.45) is -2.82. The van der Waals surface area contributed by atoms with Crippen LogP contribution in [0, 0.1) is 0 Å². The molecule has 3 rings (SSSR count). The molecule has 2 aromatic rings. The molecule has 6 nitrogen and oxygen atoms in total. The molecule has 1 aromatic heterocycles. The number of aromatic nitrogens is 2. The number of fused-ring (bicyclic) bond motifs is 1. The zero-order valence-corrected chi connectivity index (χ0v) is 16.3. The summed E-state index contributed by atoms with van der Waals surface area (Å²) in [5, 5.41) is 0. The Hall–Kier alpha value is -2.68. The largest absolute Gasteiger partial charge is 0.416 e. The van der Waals surface area contributed by atoms with Crippen LogP contribution in [-0.2, 0) is 23.9 Å². The van der Waals surface area contributed by atoms with E-state index in [0.29, 0.717) is 18.6 Å². The number of quaternary nitrogens is 1. The van der Waals surface area contributed by atoms with Gasteiger partial charge in [-0.1, -0.05) is 6.08 Å². The molecule has 9 heteroatoms. The van der Waals surface area contributed by atoms with Crippen LogP contribution >= 0.6 is 0 Å². The fourth-order valence-corrected chi connectivity index (χ4v) is 3.47. The van der Waals surface area contributed by atoms with Crippen molar-refractivity contribution in [1.29, 1.82) is 0 Å². The zero-order valence-electron chi connectivity index (χ0n) is 16.3. The fraction of sp³-hybridized carbons (Fsp3) is 0.450. The Kier molecular flexibility index (Phi) is 6.07. The van der Waals surface area contributed by atoms with Crippen molar-refractivity contribution in [3.05, 3.63) is 52.5 Å². The Labute approximate surface area is 166 Å². The third-order valence-electron chi connectivity index (χ3n) is 5.20. The summed E-state index contributed by atoms with van der Waals surface area (Å²) in [5.74, 6) is -0.0712. The highest BCUT2D eigenvalue weighted by Crippen LogP contribution is 2.30. The Morgan fingerprint density at radius 1 is 1.31 bits per heavy atom. The van der Waals surface area contributed by atoms with Crippen molar-refractivity contribution in [2.24, 2.45) is 0 Å². The van der Waals surface area contributed by atoms with Crippen molar-refractivity contribution >= 4 is 16.9 Å². The lowest BCUT2D eigenvalue weighted by molar-refractivity contribution is -0.883. The second-order valence-electron chi connectivity index (χ2n) is 7.30. The number of benzene rings is 1. The minimum Gasteiger partial charge on any atom is -0.334 e. The lowest BCUT2D eigenvalue weighted by atomic mass is 10.1. The Morgan fingerprint density at radius 2 is 2.00 bits per heavy atom. The molecule has 0 aliphatic carbocycles. The molecule has 0 bridgehead atoms. The van der Waals surface area contributed by atoms with E-state index in [-0.39, 0.29) is 36.5 Å². The second-order valence-corrected chi connectivity index (χ2v) is 7.30. The van der Waals surface area contributed by atoms with Gasteiger partial charge < -0.3 is 14.4 Å². The second kappa shape index (κ2) is 8.36. The summed E-state index contributed by atoms with van der Waals surface area (Å²) in [5.41, 5.74) is -0.769. The van der Waals surface area contributed by atoms with E-state index in [0.717, 1.165) is 25.2 Å². The van der Waals surface area contributed by atoms with Crippen molar-refractivity contribution in [2.75, 3.05) is 33.2 Å². The number of amides is 1. The van der Waals surface area contributed by atoms with E-state index >= 15 is 0 Å². The number of hydrogen-bond acceptors (Lipinski definition) is 3. The van der Waals surface area contributed by atoms with E-state index in [4.69, 9.17) is 0 Å². The smallest absolute Gasteiger partial charge is 0.334 e. The first kappa shape index (κ1) is 21.0. The predicted molar refractivity (Wildman–Crippen MR) is 103 cm³/mol. The van der Waals surface area contributed by atoms with Crippen LogP contribution in [0.4, 0.5) is 13.2 Å². The third kappa shape index (κ3) is 4.67. The van der Waals surface area contributed by atoms with Gasteiger partial charge in [0.1, 0.15) is 5.69 Å². The number of alkyl halides is 3. The molecular weight excluding hydrogens is 385 g/mol. The first-order valence-corrected chi connectivity index (χ1v) is 9.51. The van der Waals surface area contributed by atoms with Crippen LogP contribution in [0.2, 0.25) is 0 Å². The van der Waals surface area contributed by atoms with Gasteiger partial charge >= 0.3 is 6.18 Å². The zero-order chi connectivity index (χ0) is 21.2. The first-order valence-electron chi connectivity index (χ1n) is 9.51. The van der Waals surface area contributed by atoms with Crippen LogP contribution in [-0.4, -0.2) is 53.6 Å². The van der Waals surface area contributed by atoms with Gasteiger partial charge in [0, 0.05) is 19.4 Å². The highest BCUT2D eigenvalue weighted by molar-refractivity contribution is 5.77. The van der Waals surface area contributed by atoms with E-state index in [1.807, 2.05) is 0 Å². The highest BCUT2D eigenvalue weighted by atomic mass is 19.4. The van der Waals surface area contributed by atoms with E-state index in [2.05, 4.69) is 18.6 Å². The van der Waals surface area contributed by atoms with Crippen LogP contribution in [0.15, 0.2) is 35.6 Å². The third-order valence-corrected chi connectivity index (χ3v) is 5.20.